The number of rotatable bonds is 5. The number of fused-ring (bicyclic) bond motifs is 1. The number of ether oxygens (including phenoxy) is 1. The summed E-state index contributed by atoms with van der Waals surface area (Å²) >= 11 is 0. The van der Waals surface area contributed by atoms with Crippen LogP contribution in [-0.4, -0.2) is 57.7 Å². The van der Waals surface area contributed by atoms with Crippen molar-refractivity contribution in [3.05, 3.63) is 30.2 Å². The van der Waals surface area contributed by atoms with Gasteiger partial charge in [0.05, 0.1) is 7.11 Å². The quantitative estimate of drug-likeness (QED) is 0.828. The second-order valence-electron chi connectivity index (χ2n) is 6.11. The number of hydrogen-bond acceptors (Lipinski definition) is 5. The largest absolute Gasteiger partial charge is 0.453 e. The maximum Gasteiger partial charge on any atom is 0.410 e. The molecule has 1 N–H and O–H groups in total. The highest BCUT2D eigenvalue weighted by atomic mass is 16.5. The zero-order chi connectivity index (χ0) is 17.6. The second-order valence-corrected chi connectivity index (χ2v) is 6.11. The normalized spacial score (nSPS) is 17.5. The van der Waals surface area contributed by atoms with Gasteiger partial charge in [0.2, 0.25) is 5.91 Å². The summed E-state index contributed by atoms with van der Waals surface area (Å²) in [5.41, 5.74) is 0.817. The van der Waals surface area contributed by atoms with Crippen molar-refractivity contribution >= 4 is 17.6 Å². The number of amides is 2. The topological polar surface area (TPSA) is 88.8 Å². The van der Waals surface area contributed by atoms with E-state index in [1.807, 2.05) is 28.8 Å². The summed E-state index contributed by atoms with van der Waals surface area (Å²) < 4.78 is 6.72. The standard InChI is InChI=1S/C17H23N5O3/c1-25-17(24)21-11-4-2-7-13(21)16(23)18-10-6-9-15-20-19-14-8-3-5-12-22(14)15/h3,5,8,12-13H,2,4,6-7,9-11H2,1H3,(H,18,23). The number of methoxy groups -OCH3 is 1. The lowest BCUT2D eigenvalue weighted by Gasteiger charge is -2.33. The van der Waals surface area contributed by atoms with Gasteiger partial charge in [-0.3, -0.25) is 14.1 Å². The Morgan fingerprint density at radius 3 is 3.04 bits per heavy atom. The van der Waals surface area contributed by atoms with Gasteiger partial charge in [0.1, 0.15) is 11.9 Å². The summed E-state index contributed by atoms with van der Waals surface area (Å²) in [4.78, 5) is 25.7. The van der Waals surface area contributed by atoms with E-state index in [0.717, 1.165) is 37.2 Å². The molecule has 8 nitrogen and oxygen atoms in total. The third-order valence-corrected chi connectivity index (χ3v) is 4.48. The fraction of sp³-hybridized carbons (Fsp3) is 0.529. The van der Waals surface area contributed by atoms with Crippen molar-refractivity contribution in [2.45, 2.75) is 38.1 Å². The molecule has 0 radical (unpaired) electrons. The Labute approximate surface area is 146 Å². The molecule has 2 amide bonds. The highest BCUT2D eigenvalue weighted by Gasteiger charge is 2.32. The number of carbonyl (C=O) groups is 2. The fourth-order valence-corrected chi connectivity index (χ4v) is 3.18. The van der Waals surface area contributed by atoms with Crippen LogP contribution in [0.2, 0.25) is 0 Å². The number of nitrogens with zero attached hydrogens (tertiary/aromatic N) is 4. The van der Waals surface area contributed by atoms with Gasteiger partial charge in [0.25, 0.3) is 0 Å². The van der Waals surface area contributed by atoms with Crippen molar-refractivity contribution in [2.24, 2.45) is 0 Å². The first-order valence-corrected chi connectivity index (χ1v) is 8.61. The SMILES string of the molecule is COC(=O)N1CCCCC1C(=O)NCCCc1nnc2ccccn12. The number of pyridine rings is 1. The van der Waals surface area contributed by atoms with Gasteiger partial charge in [-0.15, -0.1) is 10.2 Å². The van der Waals surface area contributed by atoms with Crippen LogP contribution in [0.5, 0.6) is 0 Å². The zero-order valence-corrected chi connectivity index (χ0v) is 14.4. The third-order valence-electron chi connectivity index (χ3n) is 4.48. The van der Waals surface area contributed by atoms with E-state index >= 15 is 0 Å². The van der Waals surface area contributed by atoms with Crippen LogP contribution in [0.3, 0.4) is 0 Å². The van der Waals surface area contributed by atoms with E-state index in [-0.39, 0.29) is 5.91 Å². The molecule has 25 heavy (non-hydrogen) atoms. The smallest absolute Gasteiger partial charge is 0.410 e. The maximum absolute atomic E-state index is 12.4. The molecular formula is C17H23N5O3. The van der Waals surface area contributed by atoms with Crippen molar-refractivity contribution < 1.29 is 14.3 Å². The molecule has 1 unspecified atom stereocenters. The Bertz CT molecular complexity index is 745. The molecule has 1 atom stereocenters. The summed E-state index contributed by atoms with van der Waals surface area (Å²) in [7, 11) is 1.34. The zero-order valence-electron chi connectivity index (χ0n) is 14.4. The van der Waals surface area contributed by atoms with Gasteiger partial charge in [-0.1, -0.05) is 6.07 Å². The molecule has 0 aliphatic carbocycles. The highest BCUT2D eigenvalue weighted by Crippen LogP contribution is 2.18. The van der Waals surface area contributed by atoms with E-state index in [0.29, 0.717) is 19.5 Å². The molecule has 1 saturated heterocycles. The van der Waals surface area contributed by atoms with Gasteiger partial charge in [0.15, 0.2) is 5.65 Å². The van der Waals surface area contributed by atoms with Gasteiger partial charge in [0, 0.05) is 25.7 Å². The van der Waals surface area contributed by atoms with Crippen molar-refractivity contribution in [3.63, 3.8) is 0 Å². The number of aryl methyl sites for hydroxylation is 1. The molecule has 134 valence electrons. The van der Waals surface area contributed by atoms with E-state index in [4.69, 9.17) is 4.74 Å². The van der Waals surface area contributed by atoms with Crippen molar-refractivity contribution in [3.8, 4) is 0 Å². The van der Waals surface area contributed by atoms with E-state index in [1.54, 1.807) is 0 Å². The molecule has 1 aliphatic rings. The van der Waals surface area contributed by atoms with Crippen molar-refractivity contribution in [1.82, 2.24) is 24.8 Å². The summed E-state index contributed by atoms with van der Waals surface area (Å²) in [6.07, 6.45) is 5.49. The average molecular weight is 345 g/mol. The molecule has 2 aromatic rings. The highest BCUT2D eigenvalue weighted by molar-refractivity contribution is 5.85. The molecule has 0 aromatic carbocycles. The lowest BCUT2D eigenvalue weighted by Crippen LogP contribution is -2.52. The average Bonchev–Trinajstić information content (AvgIpc) is 3.07. The van der Waals surface area contributed by atoms with Crippen molar-refractivity contribution in [2.75, 3.05) is 20.2 Å². The van der Waals surface area contributed by atoms with Gasteiger partial charge < -0.3 is 10.1 Å². The minimum atomic E-state index is -0.435. The number of likely N-dealkylation sites (tertiary alicyclic amines) is 1. The number of nitrogens with one attached hydrogen (secondary N) is 1. The predicted molar refractivity (Wildman–Crippen MR) is 91.1 cm³/mol. The maximum atomic E-state index is 12.4. The van der Waals surface area contributed by atoms with Crippen LogP contribution in [0.15, 0.2) is 24.4 Å². The van der Waals surface area contributed by atoms with E-state index in [2.05, 4.69) is 15.5 Å². The lowest BCUT2D eigenvalue weighted by molar-refractivity contribution is -0.126. The molecular weight excluding hydrogens is 322 g/mol. The number of carbonyl (C=O) groups excluding carboxylic acids is 2. The Kier molecular flexibility index (Phi) is 5.47. The molecule has 3 rings (SSSR count). The van der Waals surface area contributed by atoms with Crippen LogP contribution in [0, 0.1) is 0 Å². The summed E-state index contributed by atoms with van der Waals surface area (Å²) in [6, 6.07) is 5.33. The summed E-state index contributed by atoms with van der Waals surface area (Å²) in [6.45, 7) is 1.10. The second kappa shape index (κ2) is 7.96. The predicted octanol–water partition coefficient (Wildman–Crippen LogP) is 1.40. The Hall–Kier alpha value is -2.64. The first-order chi connectivity index (χ1) is 12.2. The van der Waals surface area contributed by atoms with Crippen molar-refractivity contribution in [1.29, 1.82) is 0 Å². The minimum Gasteiger partial charge on any atom is -0.453 e. The first kappa shape index (κ1) is 17.2. The van der Waals surface area contributed by atoms with Gasteiger partial charge in [-0.05, 0) is 37.8 Å². The molecule has 2 aromatic heterocycles. The van der Waals surface area contributed by atoms with Gasteiger partial charge in [-0.25, -0.2) is 4.79 Å². The van der Waals surface area contributed by atoms with Gasteiger partial charge in [-0.2, -0.15) is 0 Å². The lowest BCUT2D eigenvalue weighted by atomic mass is 10.0. The van der Waals surface area contributed by atoms with Crippen LogP contribution in [0.1, 0.15) is 31.5 Å². The van der Waals surface area contributed by atoms with Crippen LogP contribution >= 0.6 is 0 Å². The third kappa shape index (κ3) is 3.89. The number of aromatic nitrogens is 3. The van der Waals surface area contributed by atoms with Crippen LogP contribution in [-0.2, 0) is 16.0 Å². The number of hydrogen-bond donors (Lipinski definition) is 1. The molecule has 0 spiro atoms. The monoisotopic (exact) mass is 345 g/mol. The van der Waals surface area contributed by atoms with E-state index in [9.17, 15) is 9.59 Å². The molecule has 3 heterocycles. The summed E-state index contributed by atoms with van der Waals surface area (Å²) in [5, 5.41) is 11.2. The van der Waals surface area contributed by atoms with Crippen LogP contribution in [0.25, 0.3) is 5.65 Å². The van der Waals surface area contributed by atoms with E-state index < -0.39 is 12.1 Å². The molecule has 1 aliphatic heterocycles. The molecule has 8 heteroatoms. The Morgan fingerprint density at radius 1 is 1.32 bits per heavy atom. The minimum absolute atomic E-state index is 0.115. The molecule has 0 bridgehead atoms. The van der Waals surface area contributed by atoms with Crippen LogP contribution in [0.4, 0.5) is 4.79 Å². The molecule has 0 saturated carbocycles. The number of piperidine rings is 1. The van der Waals surface area contributed by atoms with Gasteiger partial charge >= 0.3 is 6.09 Å². The van der Waals surface area contributed by atoms with Crippen LogP contribution < -0.4 is 5.32 Å². The van der Waals surface area contributed by atoms with E-state index in [1.165, 1.54) is 12.0 Å². The Morgan fingerprint density at radius 2 is 2.20 bits per heavy atom. The first-order valence-electron chi connectivity index (χ1n) is 8.61. The summed E-state index contributed by atoms with van der Waals surface area (Å²) in [5.74, 6) is 0.759. The Balaban J connectivity index is 1.49. The molecule has 1 fully saturated rings. The fourth-order valence-electron chi connectivity index (χ4n) is 3.18.